The van der Waals surface area contributed by atoms with Crippen molar-refractivity contribution < 1.29 is 60.3 Å². The molecule has 9 aromatic heterocycles. The Balaban J connectivity index is 0.000000113. The fourth-order valence-corrected chi connectivity index (χ4v) is 18.6. The van der Waals surface area contributed by atoms with E-state index >= 15 is 0 Å². The molecule has 0 bridgehead atoms. The normalized spacial score (nSPS) is 12.3. The van der Waals surface area contributed by atoms with Crippen LogP contribution in [0.25, 0.3) is 122 Å². The number of fused-ring (bicyclic) bond motifs is 23. The summed E-state index contributed by atoms with van der Waals surface area (Å²) in [5.41, 5.74) is 33.3. The number of hydrogen-bond acceptors (Lipinski definition) is 12. The van der Waals surface area contributed by atoms with Crippen LogP contribution in [0, 0.1) is 70.3 Å². The van der Waals surface area contributed by atoms with Gasteiger partial charge in [0.15, 0.2) is 0 Å². The van der Waals surface area contributed by atoms with Gasteiger partial charge in [-0.25, -0.2) is 9.97 Å². The minimum absolute atomic E-state index is 0. The van der Waals surface area contributed by atoms with Crippen molar-refractivity contribution in [2.24, 2.45) is 0 Å². The summed E-state index contributed by atoms with van der Waals surface area (Å²) in [5.74, 6) is 0.874. The van der Waals surface area contributed by atoms with Crippen LogP contribution in [0.4, 0.5) is 51.2 Å². The van der Waals surface area contributed by atoms with E-state index in [0.29, 0.717) is 0 Å². The van der Waals surface area contributed by atoms with Crippen LogP contribution in [-0.4, -0.2) is 68.6 Å². The van der Waals surface area contributed by atoms with Crippen molar-refractivity contribution in [2.45, 2.75) is 67.2 Å². The van der Waals surface area contributed by atoms with Crippen molar-refractivity contribution in [3.63, 3.8) is 0 Å². The Kier molecular flexibility index (Phi) is 27.3. The molecule has 3 aliphatic rings. The number of aryl methyl sites for hydroxylation is 6. The largest absolute Gasteiger partial charge is 3.00 e. The van der Waals surface area contributed by atoms with E-state index in [9.17, 15) is 0 Å². The third-order valence-electron chi connectivity index (χ3n) is 24.6. The first-order valence-corrected chi connectivity index (χ1v) is 44.2. The summed E-state index contributed by atoms with van der Waals surface area (Å²) >= 11 is 0. The first-order chi connectivity index (χ1) is 64.0. The monoisotopic (exact) mass is 2260 g/mol. The predicted molar refractivity (Wildman–Crippen MR) is 534 cm³/mol. The van der Waals surface area contributed by atoms with Gasteiger partial charge in [-0.2, -0.15) is 111 Å². The van der Waals surface area contributed by atoms with Crippen LogP contribution in [0.1, 0.15) is 61.1 Å². The number of benzene rings is 13. The molecule has 0 fully saturated rings. The van der Waals surface area contributed by atoms with Crippen molar-refractivity contribution in [1.29, 1.82) is 0 Å². The number of imidazole rings is 4. The molecule has 133 heavy (non-hydrogen) atoms. The maximum absolute atomic E-state index is 4.98. The summed E-state index contributed by atoms with van der Waals surface area (Å²) in [6.45, 7) is 19.4. The number of para-hydroxylation sites is 11. The van der Waals surface area contributed by atoms with Crippen molar-refractivity contribution in [2.75, 3.05) is 50.5 Å². The molecule has 19 heteroatoms. The standard InChI is InChI=1S/C24H17N4.2C24H20N3.3C14H12N2.3Ir/c1-15-8-7-9-16(2)22(15)21-14-25-23-17-10-3-5-12-19(17)27-20-13-6-4-11-18(20)26-24(27)28(21)23;1-3-16-9-7-10-17(4-2)22(16)21-15-26-24-19-12-6-5-11-18(19)20-13-8-14-25-23(20)27(21)24;1-3-16-8-7-9-17(4-2)23(16)22-15-26-24-20-11-6-5-10-18(20)19-12-13-25-14-21(19)27(22)24;3*1-15-11-16(12-7-3-2-4-8-12)14-10-6-5-9-13(14)15;;;/h3-9,11-14H,1-2H3;5-11,13-15H,3-4H2,1-2H3;5-10,12-15H,3-4H2,1-2H3;3*2-7,9-11H,1H3;;;/q3*-1;3*-2;3*+3. The van der Waals surface area contributed by atoms with E-state index in [1.807, 2.05) is 140 Å². The maximum atomic E-state index is 4.98. The summed E-state index contributed by atoms with van der Waals surface area (Å²) in [6, 6.07) is 121. The van der Waals surface area contributed by atoms with Gasteiger partial charge in [-0.05, 0) is 171 Å². The van der Waals surface area contributed by atoms with Crippen molar-refractivity contribution in [3.05, 3.63) is 424 Å². The van der Waals surface area contributed by atoms with Gasteiger partial charge < -0.3 is 47.0 Å². The van der Waals surface area contributed by atoms with E-state index < -0.39 is 0 Å². The zero-order valence-electron chi connectivity index (χ0n) is 75.0. The van der Waals surface area contributed by atoms with Gasteiger partial charge in [0.2, 0.25) is 5.78 Å². The number of aromatic nitrogens is 10. The molecule has 0 radical (unpaired) electrons. The van der Waals surface area contributed by atoms with Gasteiger partial charge >= 0.3 is 60.3 Å². The molecule has 13 aromatic carbocycles. The van der Waals surface area contributed by atoms with Crippen LogP contribution >= 0.6 is 0 Å². The van der Waals surface area contributed by atoms with E-state index in [4.69, 9.17) is 24.9 Å². The molecule has 0 unspecified atom stereocenters. The summed E-state index contributed by atoms with van der Waals surface area (Å²) in [6.07, 6.45) is 15.6. The second kappa shape index (κ2) is 40.0. The third kappa shape index (κ3) is 17.0. The average molecular weight is 2260 g/mol. The molecule has 16 nitrogen and oxygen atoms in total. The van der Waals surface area contributed by atoms with Crippen molar-refractivity contribution >= 4 is 139 Å². The van der Waals surface area contributed by atoms with Crippen LogP contribution in [0.2, 0.25) is 0 Å². The van der Waals surface area contributed by atoms with Gasteiger partial charge in [0.05, 0.1) is 50.6 Å². The van der Waals surface area contributed by atoms with E-state index in [1.54, 1.807) is 0 Å². The van der Waals surface area contributed by atoms with Crippen LogP contribution in [0.15, 0.2) is 334 Å². The third-order valence-corrected chi connectivity index (χ3v) is 24.6. The van der Waals surface area contributed by atoms with Gasteiger partial charge in [0.25, 0.3) is 0 Å². The minimum atomic E-state index is 0. The zero-order valence-corrected chi connectivity index (χ0v) is 82.2. The fourth-order valence-electron chi connectivity index (χ4n) is 18.6. The first-order valence-electron chi connectivity index (χ1n) is 44.2. The summed E-state index contributed by atoms with van der Waals surface area (Å²) < 4.78 is 8.86. The Hall–Kier alpha value is -14.0. The molecule has 12 heterocycles. The molecule has 0 N–H and O–H groups in total. The van der Waals surface area contributed by atoms with Crippen LogP contribution in [0.3, 0.4) is 0 Å². The van der Waals surface area contributed by atoms with Gasteiger partial charge in [-0.3, -0.25) is 19.9 Å². The number of nitrogens with zero attached hydrogens (tertiary/aromatic N) is 16. The van der Waals surface area contributed by atoms with E-state index in [0.717, 1.165) is 137 Å². The second-order valence-corrected chi connectivity index (χ2v) is 32.3. The molecular weight excluding hydrogens is 2170 g/mol. The van der Waals surface area contributed by atoms with Crippen molar-refractivity contribution in [1.82, 2.24) is 47.5 Å². The Morgan fingerprint density at radius 2 is 0.677 bits per heavy atom. The molecule has 0 amide bonds. The molecule has 0 aliphatic carbocycles. The van der Waals surface area contributed by atoms with Crippen LogP contribution in [0.5, 0.6) is 0 Å². The molecule has 0 atom stereocenters. The zero-order chi connectivity index (χ0) is 88.5. The SMILES string of the molecule is CCc1cccc(CC)c1-c1cnc2c3[c-]cccc3c3cccnc3n12.CCc1cccc(CC)c1-c1cnc2c3[c-]cccc3c3ccncc3n12.CN1[CH-]N(c2[c-]cccc2)c2ccccc21.CN1[CH-]N(c2[c-]cccc2)c2ccccc21.CN1[CH-]N(c2[c-]cccc2)c2ccccc21.Cc1cccc(C)c1-c1cnc2c3[c-]cccc3n3c4ccccc4nc3n12.[Ir+3].[Ir+3].[Ir+3]. The smallest absolute Gasteiger partial charge is 0.504 e. The van der Waals surface area contributed by atoms with Gasteiger partial charge in [0.1, 0.15) is 5.65 Å². The Bertz CT molecular complexity index is 7430. The van der Waals surface area contributed by atoms with Crippen LogP contribution in [-0.2, 0) is 86.0 Å². The summed E-state index contributed by atoms with van der Waals surface area (Å²) in [7, 11) is 6.17. The molecule has 0 spiro atoms. The summed E-state index contributed by atoms with van der Waals surface area (Å²) in [5, 5.41) is 7.70. The van der Waals surface area contributed by atoms with E-state index in [-0.39, 0.29) is 60.3 Å². The van der Waals surface area contributed by atoms with E-state index in [1.165, 1.54) is 95.0 Å². The van der Waals surface area contributed by atoms with E-state index in [2.05, 4.69) is 365 Å². The first kappa shape index (κ1) is 90.9. The quantitative estimate of drug-likeness (QED) is 0.0959. The Morgan fingerprint density at radius 1 is 0.286 bits per heavy atom. The molecule has 25 rings (SSSR count). The van der Waals surface area contributed by atoms with Gasteiger partial charge in [-0.1, -0.05) is 153 Å². The number of anilines is 9. The van der Waals surface area contributed by atoms with Gasteiger partial charge in [-0.15, -0.1) is 101 Å². The minimum Gasteiger partial charge on any atom is -0.504 e. The fraction of sp³-hybridized carbons (Fsp3) is 0.114. The number of rotatable bonds is 10. The molecule has 0 saturated heterocycles. The number of pyridine rings is 4. The second-order valence-electron chi connectivity index (χ2n) is 32.3. The van der Waals surface area contributed by atoms with Crippen molar-refractivity contribution in [3.8, 4) is 33.8 Å². The molecule has 22 aromatic rings. The molecule has 656 valence electrons. The number of hydrogen-bond donors (Lipinski definition) is 0. The molecule has 0 saturated carbocycles. The van der Waals surface area contributed by atoms with Crippen LogP contribution < -0.4 is 29.4 Å². The topological polar surface area (TPSA) is 114 Å². The summed E-state index contributed by atoms with van der Waals surface area (Å²) in [4.78, 5) is 41.4. The molecular formula is C114H93Ir3N16. The molecule has 3 aliphatic heterocycles. The van der Waals surface area contributed by atoms with Gasteiger partial charge in [0, 0.05) is 88.0 Å². The Labute approximate surface area is 816 Å². The Morgan fingerprint density at radius 3 is 1.16 bits per heavy atom. The predicted octanol–water partition coefficient (Wildman–Crippen LogP) is 26.2. The maximum Gasteiger partial charge on any atom is 3.00 e. The average Bonchev–Trinajstić information content (AvgIpc) is 1.55.